The maximum Gasteiger partial charge on any atom is 0.0625 e. The van der Waals surface area contributed by atoms with Gasteiger partial charge in [-0.25, -0.2) is 0 Å². The van der Waals surface area contributed by atoms with Crippen LogP contribution in [0.15, 0.2) is 0 Å². The van der Waals surface area contributed by atoms with Crippen molar-refractivity contribution in [1.29, 1.82) is 0 Å². The van der Waals surface area contributed by atoms with Crippen LogP contribution in [-0.2, 0) is 0 Å². The van der Waals surface area contributed by atoms with E-state index in [2.05, 4.69) is 13.8 Å². The van der Waals surface area contributed by atoms with Crippen molar-refractivity contribution in [3.63, 3.8) is 0 Å². The van der Waals surface area contributed by atoms with Crippen molar-refractivity contribution in [2.75, 3.05) is 0 Å². The van der Waals surface area contributed by atoms with E-state index in [4.69, 9.17) is 0 Å². The normalized spacial score (nSPS) is 53.9. The van der Waals surface area contributed by atoms with E-state index in [0.29, 0.717) is 16.7 Å². The van der Waals surface area contributed by atoms with E-state index in [1.54, 1.807) is 0 Å². The zero-order valence-electron chi connectivity index (χ0n) is 14.1. The first-order valence-corrected chi connectivity index (χ1v) is 9.70. The van der Waals surface area contributed by atoms with E-state index in [1.807, 2.05) is 0 Å². The molecule has 5 atom stereocenters. The molecule has 5 rings (SSSR count). The summed E-state index contributed by atoms with van der Waals surface area (Å²) in [4.78, 5) is 0. The lowest BCUT2D eigenvalue weighted by Crippen LogP contribution is -2.57. The molecule has 0 radical (unpaired) electrons. The lowest BCUT2D eigenvalue weighted by atomic mass is 9.42. The second kappa shape index (κ2) is 4.98. The first-order valence-electron chi connectivity index (χ1n) is 9.70. The van der Waals surface area contributed by atoms with Gasteiger partial charge in [-0.05, 0) is 85.9 Å². The molecule has 1 heteroatoms. The molecule has 0 amide bonds. The molecule has 5 unspecified atom stereocenters. The van der Waals surface area contributed by atoms with Gasteiger partial charge >= 0.3 is 0 Å². The smallest absolute Gasteiger partial charge is 0.0625 e. The number of aliphatic hydroxyl groups is 1. The third kappa shape index (κ3) is 2.38. The molecule has 0 heterocycles. The Labute approximate surface area is 130 Å². The molecule has 0 saturated heterocycles. The maximum absolute atomic E-state index is 11.4. The van der Waals surface area contributed by atoms with Crippen LogP contribution in [-0.4, -0.2) is 11.2 Å². The molecule has 5 saturated carbocycles. The molecule has 120 valence electrons. The molecule has 1 N–H and O–H groups in total. The average molecular weight is 290 g/mol. The summed E-state index contributed by atoms with van der Waals surface area (Å²) in [5.74, 6) is 3.39. The van der Waals surface area contributed by atoms with Gasteiger partial charge in [-0.3, -0.25) is 0 Å². The van der Waals surface area contributed by atoms with Gasteiger partial charge in [-0.2, -0.15) is 0 Å². The van der Waals surface area contributed by atoms with Gasteiger partial charge in [0.1, 0.15) is 0 Å². The second-order valence-corrected chi connectivity index (χ2v) is 9.78. The third-order valence-electron chi connectivity index (χ3n) is 7.87. The van der Waals surface area contributed by atoms with Crippen molar-refractivity contribution >= 4 is 0 Å². The Morgan fingerprint density at radius 3 is 2.38 bits per heavy atom. The highest BCUT2D eigenvalue weighted by atomic mass is 16.3. The molecule has 1 nitrogen and oxygen atoms in total. The Balaban J connectivity index is 1.54. The van der Waals surface area contributed by atoms with Gasteiger partial charge < -0.3 is 5.11 Å². The van der Waals surface area contributed by atoms with Crippen LogP contribution in [0.5, 0.6) is 0 Å². The van der Waals surface area contributed by atoms with Crippen LogP contribution in [0.1, 0.15) is 84.5 Å². The molecule has 0 aromatic rings. The van der Waals surface area contributed by atoms with Gasteiger partial charge in [-0.15, -0.1) is 0 Å². The van der Waals surface area contributed by atoms with Crippen LogP contribution in [0.2, 0.25) is 0 Å². The first kappa shape index (κ1) is 14.5. The molecule has 5 aliphatic carbocycles. The van der Waals surface area contributed by atoms with E-state index < -0.39 is 0 Å². The van der Waals surface area contributed by atoms with Gasteiger partial charge in [0.15, 0.2) is 0 Å². The molecule has 0 aromatic carbocycles. The fourth-order valence-electron chi connectivity index (χ4n) is 7.63. The van der Waals surface area contributed by atoms with Gasteiger partial charge in [-0.1, -0.05) is 33.1 Å². The summed E-state index contributed by atoms with van der Waals surface area (Å²) < 4.78 is 0. The first-order chi connectivity index (χ1) is 10.0. The molecule has 5 aliphatic rings. The number of rotatable bonds is 3. The van der Waals surface area contributed by atoms with Gasteiger partial charge in [0.25, 0.3) is 0 Å². The maximum atomic E-state index is 11.4. The van der Waals surface area contributed by atoms with Crippen LogP contribution in [0, 0.1) is 34.5 Å². The summed E-state index contributed by atoms with van der Waals surface area (Å²) >= 11 is 0. The number of aliphatic hydroxyl groups excluding tert-OH is 1. The standard InChI is InChI=1S/C20H34O/c1-3-14-5-4-6-17(8-14)18(21)20-11-15-7-16(12-20)10-19(2,9-15)13-20/h14-18,21H,3-13H2,1-2H3. The fraction of sp³-hybridized carbons (Fsp3) is 1.00. The molecule has 5 fully saturated rings. The van der Waals surface area contributed by atoms with Crippen molar-refractivity contribution in [2.45, 2.75) is 90.6 Å². The Bertz CT molecular complexity index is 387. The average Bonchev–Trinajstić information content (AvgIpc) is 2.44. The zero-order chi connectivity index (χ0) is 14.7. The minimum atomic E-state index is 0.0112. The summed E-state index contributed by atoms with van der Waals surface area (Å²) in [5.41, 5.74) is 0.892. The summed E-state index contributed by atoms with van der Waals surface area (Å²) in [6.45, 7) is 4.87. The minimum absolute atomic E-state index is 0.0112. The van der Waals surface area contributed by atoms with E-state index in [9.17, 15) is 5.11 Å². The summed E-state index contributed by atoms with van der Waals surface area (Å²) in [6, 6.07) is 0. The molecule has 0 aliphatic heterocycles. The lowest BCUT2D eigenvalue weighted by molar-refractivity contribution is -0.171. The molecular weight excluding hydrogens is 256 g/mol. The van der Waals surface area contributed by atoms with E-state index in [-0.39, 0.29) is 6.10 Å². The Morgan fingerprint density at radius 2 is 1.76 bits per heavy atom. The Morgan fingerprint density at radius 1 is 1.05 bits per heavy atom. The summed E-state index contributed by atoms with van der Waals surface area (Å²) in [6.07, 6.45) is 15.2. The second-order valence-electron chi connectivity index (χ2n) is 9.78. The van der Waals surface area contributed by atoms with Crippen LogP contribution in [0.4, 0.5) is 0 Å². The predicted molar refractivity (Wildman–Crippen MR) is 87.0 cm³/mol. The quantitative estimate of drug-likeness (QED) is 0.760. The van der Waals surface area contributed by atoms with Crippen LogP contribution < -0.4 is 0 Å². The van der Waals surface area contributed by atoms with E-state index >= 15 is 0 Å². The van der Waals surface area contributed by atoms with Crippen molar-refractivity contribution < 1.29 is 5.11 Å². The van der Waals surface area contributed by atoms with Gasteiger partial charge in [0.05, 0.1) is 6.10 Å². The van der Waals surface area contributed by atoms with Crippen molar-refractivity contribution in [1.82, 2.24) is 0 Å². The van der Waals surface area contributed by atoms with Crippen molar-refractivity contribution in [2.24, 2.45) is 34.5 Å². The summed E-state index contributed by atoms with van der Waals surface area (Å²) in [7, 11) is 0. The monoisotopic (exact) mass is 290 g/mol. The number of hydrogen-bond donors (Lipinski definition) is 1. The molecule has 0 aromatic heterocycles. The predicted octanol–water partition coefficient (Wildman–Crippen LogP) is 5.17. The number of hydrogen-bond acceptors (Lipinski definition) is 1. The fourth-order valence-corrected chi connectivity index (χ4v) is 7.63. The third-order valence-corrected chi connectivity index (χ3v) is 7.87. The highest BCUT2D eigenvalue weighted by Gasteiger charge is 2.59. The highest BCUT2D eigenvalue weighted by molar-refractivity contribution is 5.09. The molecule has 0 spiro atoms. The Hall–Kier alpha value is -0.0400. The lowest BCUT2D eigenvalue weighted by Gasteiger charge is -2.63. The van der Waals surface area contributed by atoms with E-state index in [1.165, 1.54) is 70.6 Å². The summed E-state index contributed by atoms with van der Waals surface area (Å²) in [5, 5.41) is 11.4. The zero-order valence-corrected chi connectivity index (χ0v) is 14.1. The SMILES string of the molecule is CCC1CCCC(C(O)C23CC4CC(CC(C)(C4)C2)C3)C1. The van der Waals surface area contributed by atoms with Crippen LogP contribution >= 0.6 is 0 Å². The van der Waals surface area contributed by atoms with Crippen molar-refractivity contribution in [3.8, 4) is 0 Å². The molecule has 4 bridgehead atoms. The molecular formula is C20H34O. The highest BCUT2D eigenvalue weighted by Crippen LogP contribution is 2.67. The minimum Gasteiger partial charge on any atom is -0.392 e. The largest absolute Gasteiger partial charge is 0.392 e. The Kier molecular flexibility index (Phi) is 3.45. The van der Waals surface area contributed by atoms with E-state index in [0.717, 1.165) is 17.8 Å². The van der Waals surface area contributed by atoms with Crippen molar-refractivity contribution in [3.05, 3.63) is 0 Å². The van der Waals surface area contributed by atoms with Gasteiger partial charge in [0.2, 0.25) is 0 Å². The van der Waals surface area contributed by atoms with Crippen LogP contribution in [0.25, 0.3) is 0 Å². The van der Waals surface area contributed by atoms with Gasteiger partial charge in [0, 0.05) is 0 Å². The topological polar surface area (TPSA) is 20.2 Å². The molecule has 21 heavy (non-hydrogen) atoms. The van der Waals surface area contributed by atoms with Crippen LogP contribution in [0.3, 0.4) is 0 Å².